The molecular weight excluding hydrogens is 240 g/mol. The van der Waals surface area contributed by atoms with Gasteiger partial charge in [0, 0.05) is 18.2 Å². The first kappa shape index (κ1) is 12.7. The number of carbonyl (C=O) groups excluding carboxylic acids is 1. The quantitative estimate of drug-likeness (QED) is 0.785. The molecule has 1 saturated heterocycles. The number of hydrogen-bond acceptors (Lipinski definition) is 3. The van der Waals surface area contributed by atoms with Gasteiger partial charge in [0.1, 0.15) is 12.4 Å². The Balaban J connectivity index is 1.83. The van der Waals surface area contributed by atoms with E-state index in [0.29, 0.717) is 12.4 Å². The van der Waals surface area contributed by atoms with Crippen LogP contribution in [0.3, 0.4) is 0 Å². The topological polar surface area (TPSA) is 55.6 Å². The molecule has 1 amide bonds. The maximum Gasteiger partial charge on any atom is 0.233 e. The van der Waals surface area contributed by atoms with Gasteiger partial charge >= 0.3 is 0 Å². The average molecular weight is 262 g/mol. The third-order valence-electron chi connectivity index (χ3n) is 4.83. The average Bonchev–Trinajstić information content (AvgIpc) is 2.87. The Morgan fingerprint density at radius 2 is 2.16 bits per heavy atom. The number of carbonyl (C=O) groups is 1. The second kappa shape index (κ2) is 4.37. The highest BCUT2D eigenvalue weighted by atomic mass is 16.5. The SMILES string of the molecule is C=C1C=C(N2C(=O)C3(CCC(N)CC3)C[C@@H]2C)CO1. The van der Waals surface area contributed by atoms with Crippen LogP contribution in [0.5, 0.6) is 0 Å². The van der Waals surface area contributed by atoms with Gasteiger partial charge in [-0.2, -0.15) is 0 Å². The number of hydrogen-bond donors (Lipinski definition) is 1. The van der Waals surface area contributed by atoms with Crippen molar-refractivity contribution in [2.45, 2.75) is 51.1 Å². The third kappa shape index (κ3) is 1.98. The van der Waals surface area contributed by atoms with Gasteiger partial charge in [0.15, 0.2) is 0 Å². The molecule has 0 aromatic carbocycles. The van der Waals surface area contributed by atoms with E-state index in [1.807, 2.05) is 11.0 Å². The fourth-order valence-electron chi connectivity index (χ4n) is 3.80. The Morgan fingerprint density at radius 1 is 1.47 bits per heavy atom. The Kier molecular flexibility index (Phi) is 2.93. The Labute approximate surface area is 114 Å². The van der Waals surface area contributed by atoms with E-state index in [4.69, 9.17) is 10.5 Å². The van der Waals surface area contributed by atoms with Gasteiger partial charge in [0.2, 0.25) is 5.91 Å². The second-order valence-corrected chi connectivity index (χ2v) is 6.24. The van der Waals surface area contributed by atoms with Crippen LogP contribution in [0.4, 0.5) is 0 Å². The summed E-state index contributed by atoms with van der Waals surface area (Å²) in [6, 6.07) is 0.527. The molecule has 0 aromatic rings. The van der Waals surface area contributed by atoms with Gasteiger partial charge in [-0.1, -0.05) is 6.58 Å². The van der Waals surface area contributed by atoms with Gasteiger partial charge in [-0.05, 0) is 39.0 Å². The van der Waals surface area contributed by atoms with E-state index in [1.54, 1.807) is 0 Å². The molecule has 4 heteroatoms. The lowest BCUT2D eigenvalue weighted by molar-refractivity contribution is -0.136. The smallest absolute Gasteiger partial charge is 0.233 e. The molecule has 0 bridgehead atoms. The number of amides is 1. The van der Waals surface area contributed by atoms with E-state index >= 15 is 0 Å². The van der Waals surface area contributed by atoms with Crippen LogP contribution in [0, 0.1) is 5.41 Å². The zero-order valence-electron chi connectivity index (χ0n) is 11.5. The van der Waals surface area contributed by atoms with E-state index in [1.165, 1.54) is 0 Å². The van der Waals surface area contributed by atoms with E-state index < -0.39 is 0 Å². The molecule has 2 heterocycles. The molecule has 1 spiro atoms. The Bertz CT molecular complexity index is 447. The summed E-state index contributed by atoms with van der Waals surface area (Å²) >= 11 is 0. The fourth-order valence-corrected chi connectivity index (χ4v) is 3.80. The largest absolute Gasteiger partial charge is 0.488 e. The molecule has 3 rings (SSSR count). The molecule has 2 aliphatic heterocycles. The van der Waals surface area contributed by atoms with Gasteiger partial charge in [-0.25, -0.2) is 0 Å². The van der Waals surface area contributed by atoms with Crippen LogP contribution in [0.1, 0.15) is 39.0 Å². The number of nitrogens with zero attached hydrogens (tertiary/aromatic N) is 1. The normalized spacial score (nSPS) is 38.8. The van der Waals surface area contributed by atoms with Crippen LogP contribution in [0.25, 0.3) is 0 Å². The summed E-state index contributed by atoms with van der Waals surface area (Å²) in [7, 11) is 0. The second-order valence-electron chi connectivity index (χ2n) is 6.24. The van der Waals surface area contributed by atoms with Gasteiger partial charge in [0.05, 0.1) is 11.1 Å². The number of rotatable bonds is 1. The highest BCUT2D eigenvalue weighted by Gasteiger charge is 2.52. The minimum absolute atomic E-state index is 0.167. The fraction of sp³-hybridized carbons (Fsp3) is 0.667. The lowest BCUT2D eigenvalue weighted by Gasteiger charge is -2.34. The predicted molar refractivity (Wildman–Crippen MR) is 73.0 cm³/mol. The molecule has 4 nitrogen and oxygen atoms in total. The van der Waals surface area contributed by atoms with Gasteiger partial charge < -0.3 is 15.4 Å². The van der Waals surface area contributed by atoms with Gasteiger partial charge in [-0.3, -0.25) is 4.79 Å². The lowest BCUT2D eigenvalue weighted by Crippen LogP contribution is -2.40. The summed E-state index contributed by atoms with van der Waals surface area (Å²) in [5.74, 6) is 0.929. The summed E-state index contributed by atoms with van der Waals surface area (Å²) in [5, 5.41) is 0. The summed E-state index contributed by atoms with van der Waals surface area (Å²) < 4.78 is 5.37. The Hall–Kier alpha value is -1.29. The van der Waals surface area contributed by atoms with E-state index in [9.17, 15) is 4.79 Å². The van der Waals surface area contributed by atoms with Crippen molar-refractivity contribution in [2.24, 2.45) is 11.1 Å². The van der Waals surface area contributed by atoms with Crippen molar-refractivity contribution in [2.75, 3.05) is 6.61 Å². The van der Waals surface area contributed by atoms with Crippen molar-refractivity contribution in [1.29, 1.82) is 0 Å². The molecule has 0 aromatic heterocycles. The highest BCUT2D eigenvalue weighted by molar-refractivity contribution is 5.87. The molecule has 0 unspecified atom stereocenters. The van der Waals surface area contributed by atoms with Crippen molar-refractivity contribution in [3.63, 3.8) is 0 Å². The third-order valence-corrected chi connectivity index (χ3v) is 4.83. The van der Waals surface area contributed by atoms with Crippen molar-refractivity contribution in [1.82, 2.24) is 4.90 Å². The van der Waals surface area contributed by atoms with Crippen molar-refractivity contribution in [3.8, 4) is 0 Å². The van der Waals surface area contributed by atoms with Gasteiger partial charge in [0.25, 0.3) is 0 Å². The van der Waals surface area contributed by atoms with E-state index in [2.05, 4.69) is 13.5 Å². The zero-order chi connectivity index (χ0) is 13.6. The number of ether oxygens (including phenoxy) is 1. The maximum atomic E-state index is 12.9. The molecule has 1 saturated carbocycles. The van der Waals surface area contributed by atoms with Crippen LogP contribution in [-0.2, 0) is 9.53 Å². The predicted octanol–water partition coefficient (Wildman–Crippen LogP) is 1.92. The first-order chi connectivity index (χ1) is 9.02. The molecule has 2 fully saturated rings. The highest BCUT2D eigenvalue weighted by Crippen LogP contribution is 2.48. The summed E-state index contributed by atoms with van der Waals surface area (Å²) in [4.78, 5) is 14.8. The monoisotopic (exact) mass is 262 g/mol. The summed E-state index contributed by atoms with van der Waals surface area (Å²) in [6.45, 7) is 6.39. The minimum atomic E-state index is -0.167. The lowest BCUT2D eigenvalue weighted by atomic mass is 9.71. The molecule has 3 aliphatic rings. The van der Waals surface area contributed by atoms with Crippen LogP contribution < -0.4 is 5.73 Å². The molecule has 104 valence electrons. The summed E-state index contributed by atoms with van der Waals surface area (Å²) in [5.41, 5.74) is 6.77. The van der Waals surface area contributed by atoms with Gasteiger partial charge in [-0.15, -0.1) is 0 Å². The number of nitrogens with two attached hydrogens (primary N) is 1. The standard InChI is InChI=1S/C15H22N2O2/c1-10-8-15(5-3-12(16)4-6-15)14(18)17(10)13-7-11(2)19-9-13/h7,10,12H,2-6,8-9,16H2,1H3/t10-,12?,15?/m0/s1. The van der Waals surface area contributed by atoms with Crippen LogP contribution >= 0.6 is 0 Å². The van der Waals surface area contributed by atoms with Crippen molar-refractivity contribution >= 4 is 5.91 Å². The van der Waals surface area contributed by atoms with E-state index in [-0.39, 0.29) is 23.4 Å². The van der Waals surface area contributed by atoms with Crippen LogP contribution in [0.2, 0.25) is 0 Å². The van der Waals surface area contributed by atoms with Crippen LogP contribution in [0.15, 0.2) is 24.1 Å². The van der Waals surface area contributed by atoms with Crippen molar-refractivity contribution < 1.29 is 9.53 Å². The number of likely N-dealkylation sites (tertiary alicyclic amines) is 1. The Morgan fingerprint density at radius 3 is 2.74 bits per heavy atom. The first-order valence-corrected chi connectivity index (χ1v) is 7.13. The van der Waals surface area contributed by atoms with Crippen LogP contribution in [-0.4, -0.2) is 29.5 Å². The molecule has 1 atom stereocenters. The zero-order valence-corrected chi connectivity index (χ0v) is 11.5. The first-order valence-electron chi connectivity index (χ1n) is 7.13. The molecule has 2 N–H and O–H groups in total. The summed E-state index contributed by atoms with van der Waals surface area (Å²) in [6.07, 6.45) is 6.64. The molecule has 1 aliphatic carbocycles. The minimum Gasteiger partial charge on any atom is -0.488 e. The number of allylic oxidation sites excluding steroid dienone is 1. The maximum absolute atomic E-state index is 12.9. The molecule has 19 heavy (non-hydrogen) atoms. The molecular formula is C15H22N2O2. The van der Waals surface area contributed by atoms with Crippen molar-refractivity contribution in [3.05, 3.63) is 24.1 Å². The molecule has 0 radical (unpaired) electrons. The van der Waals surface area contributed by atoms with E-state index in [0.717, 1.165) is 37.8 Å².